The molecular weight excluding hydrogens is 192 g/mol. The van der Waals surface area contributed by atoms with Crippen molar-refractivity contribution in [1.29, 1.82) is 0 Å². The van der Waals surface area contributed by atoms with Crippen molar-refractivity contribution in [3.05, 3.63) is 24.8 Å². The van der Waals surface area contributed by atoms with Gasteiger partial charge in [-0.3, -0.25) is 0 Å². The van der Waals surface area contributed by atoms with Crippen LogP contribution in [0.15, 0.2) is 24.8 Å². The van der Waals surface area contributed by atoms with E-state index in [1.54, 1.807) is 0 Å². The van der Waals surface area contributed by atoms with Gasteiger partial charge in [0.05, 0.1) is 0 Å². The maximum atomic E-state index is 3.68. The molecule has 0 fully saturated rings. The van der Waals surface area contributed by atoms with Gasteiger partial charge in [-0.05, 0) is 18.8 Å². The van der Waals surface area contributed by atoms with Crippen molar-refractivity contribution in [2.45, 2.75) is 71.6 Å². The lowest BCUT2D eigenvalue weighted by molar-refractivity contribution is 0.404. The molecule has 0 aromatic carbocycles. The summed E-state index contributed by atoms with van der Waals surface area (Å²) in [5.74, 6) is 0.967. The molecule has 0 aliphatic rings. The predicted molar refractivity (Wildman–Crippen MR) is 75.7 cm³/mol. The molecule has 0 spiro atoms. The van der Waals surface area contributed by atoms with Crippen LogP contribution in [0.3, 0.4) is 0 Å². The van der Waals surface area contributed by atoms with Crippen molar-refractivity contribution < 1.29 is 0 Å². The second-order valence-corrected chi connectivity index (χ2v) is 4.72. The normalized spacial score (nSPS) is 13.1. The fourth-order valence-corrected chi connectivity index (χ4v) is 2.13. The first-order valence-electron chi connectivity index (χ1n) is 7.12. The first-order valence-corrected chi connectivity index (χ1v) is 7.12. The van der Waals surface area contributed by atoms with Gasteiger partial charge in [0.1, 0.15) is 0 Å². The maximum absolute atomic E-state index is 3.68. The molecule has 16 heavy (non-hydrogen) atoms. The quantitative estimate of drug-likeness (QED) is 0.302. The molecule has 0 aromatic rings. The van der Waals surface area contributed by atoms with Crippen LogP contribution in [0, 0.1) is 5.92 Å². The van der Waals surface area contributed by atoms with E-state index in [0.29, 0.717) is 0 Å². The van der Waals surface area contributed by atoms with Gasteiger partial charge in [0.25, 0.3) is 0 Å². The van der Waals surface area contributed by atoms with E-state index >= 15 is 0 Å². The predicted octanol–water partition coefficient (Wildman–Crippen LogP) is 5.90. The molecule has 0 saturated carbocycles. The zero-order valence-electron chi connectivity index (χ0n) is 11.4. The van der Waals surface area contributed by atoms with Gasteiger partial charge >= 0.3 is 0 Å². The van der Waals surface area contributed by atoms with Crippen molar-refractivity contribution in [2.24, 2.45) is 5.92 Å². The Morgan fingerprint density at radius 1 is 1.00 bits per heavy atom. The zero-order chi connectivity index (χ0) is 12.1. The third-order valence-electron chi connectivity index (χ3n) is 3.30. The lowest BCUT2D eigenvalue weighted by atomic mass is 9.93. The van der Waals surface area contributed by atoms with Crippen LogP contribution in [-0.4, -0.2) is 0 Å². The highest BCUT2D eigenvalue weighted by atomic mass is 14.1. The van der Waals surface area contributed by atoms with E-state index < -0.39 is 0 Å². The molecule has 0 N–H and O–H groups in total. The second-order valence-electron chi connectivity index (χ2n) is 4.72. The van der Waals surface area contributed by atoms with Crippen molar-refractivity contribution in [1.82, 2.24) is 0 Å². The highest BCUT2D eigenvalue weighted by molar-refractivity contribution is 4.96. The number of hydrogen-bond donors (Lipinski definition) is 0. The average Bonchev–Trinajstić information content (AvgIpc) is 2.31. The molecule has 94 valence electrons. The van der Waals surface area contributed by atoms with Crippen LogP contribution in [0.25, 0.3) is 0 Å². The van der Waals surface area contributed by atoms with Crippen molar-refractivity contribution in [3.8, 4) is 0 Å². The van der Waals surface area contributed by atoms with Gasteiger partial charge in [0, 0.05) is 0 Å². The van der Waals surface area contributed by atoms with Gasteiger partial charge in [-0.25, -0.2) is 0 Å². The van der Waals surface area contributed by atoms with Gasteiger partial charge in [-0.2, -0.15) is 0 Å². The largest absolute Gasteiger partial charge is 0.0991 e. The molecule has 0 radical (unpaired) electrons. The molecule has 0 aromatic heterocycles. The Kier molecular flexibility index (Phi) is 12.1. The Labute approximate surface area is 103 Å². The third-order valence-corrected chi connectivity index (χ3v) is 3.30. The first kappa shape index (κ1) is 15.5. The summed E-state index contributed by atoms with van der Waals surface area (Å²) in [4.78, 5) is 0. The van der Waals surface area contributed by atoms with Gasteiger partial charge in [-0.15, -0.1) is 0 Å². The zero-order valence-corrected chi connectivity index (χ0v) is 11.4. The van der Waals surface area contributed by atoms with Gasteiger partial charge < -0.3 is 0 Å². The summed E-state index contributed by atoms with van der Waals surface area (Å²) in [6.45, 7) is 8.30. The second kappa shape index (κ2) is 12.5. The van der Waals surface area contributed by atoms with Crippen LogP contribution in [-0.2, 0) is 0 Å². The van der Waals surface area contributed by atoms with Gasteiger partial charge in [-0.1, -0.05) is 83.6 Å². The van der Waals surface area contributed by atoms with Crippen molar-refractivity contribution in [2.75, 3.05) is 0 Å². The van der Waals surface area contributed by atoms with E-state index in [0.717, 1.165) is 5.92 Å². The summed E-state index contributed by atoms with van der Waals surface area (Å²) in [5.41, 5.74) is 0. The molecule has 0 heteroatoms. The van der Waals surface area contributed by atoms with Crippen LogP contribution in [0.1, 0.15) is 71.6 Å². The average molecular weight is 222 g/mol. The van der Waals surface area contributed by atoms with Crippen molar-refractivity contribution >= 4 is 0 Å². The highest BCUT2D eigenvalue weighted by Gasteiger charge is 2.04. The summed E-state index contributed by atoms with van der Waals surface area (Å²) in [6, 6.07) is 0. The minimum Gasteiger partial charge on any atom is -0.0991 e. The molecule has 0 saturated heterocycles. The highest BCUT2D eigenvalue weighted by Crippen LogP contribution is 2.20. The van der Waals surface area contributed by atoms with E-state index in [9.17, 15) is 0 Å². The van der Waals surface area contributed by atoms with Crippen LogP contribution in [0.5, 0.6) is 0 Å². The van der Waals surface area contributed by atoms with E-state index in [-0.39, 0.29) is 0 Å². The molecular formula is C16H30. The molecule has 0 rings (SSSR count). The third kappa shape index (κ3) is 10.0. The van der Waals surface area contributed by atoms with Crippen molar-refractivity contribution in [3.63, 3.8) is 0 Å². The van der Waals surface area contributed by atoms with Gasteiger partial charge in [0.15, 0.2) is 0 Å². The maximum Gasteiger partial charge on any atom is -0.0348 e. The van der Waals surface area contributed by atoms with E-state index in [4.69, 9.17) is 0 Å². The molecule has 1 atom stereocenters. The Hall–Kier alpha value is -0.520. The summed E-state index contributed by atoms with van der Waals surface area (Å²) in [7, 11) is 0. The smallest absolute Gasteiger partial charge is 0.0348 e. The molecule has 0 heterocycles. The minimum absolute atomic E-state index is 0.967. The van der Waals surface area contributed by atoms with Gasteiger partial charge in [0.2, 0.25) is 0 Å². The topological polar surface area (TPSA) is 0 Å². The Balaban J connectivity index is 3.43. The number of hydrogen-bond acceptors (Lipinski definition) is 0. The van der Waals surface area contributed by atoms with E-state index in [2.05, 4.69) is 32.6 Å². The van der Waals surface area contributed by atoms with Crippen LogP contribution in [0.4, 0.5) is 0 Å². The summed E-state index contributed by atoms with van der Waals surface area (Å²) >= 11 is 0. The standard InChI is InChI=1S/C16H30/c1-4-7-9-11-13-15-16(6-3)14-12-10-8-5-2/h4,7,9,16H,1,5-6,8,10-15H2,2-3H3. The molecule has 0 aliphatic heterocycles. The fourth-order valence-electron chi connectivity index (χ4n) is 2.13. The Morgan fingerprint density at radius 2 is 1.75 bits per heavy atom. The van der Waals surface area contributed by atoms with Crippen LogP contribution < -0.4 is 0 Å². The number of allylic oxidation sites excluding steroid dienone is 3. The Morgan fingerprint density at radius 3 is 2.38 bits per heavy atom. The SMILES string of the molecule is C=CC=CCCCC(CC)CCCCCC. The summed E-state index contributed by atoms with van der Waals surface area (Å²) in [5, 5.41) is 0. The fraction of sp³-hybridized carbons (Fsp3) is 0.750. The summed E-state index contributed by atoms with van der Waals surface area (Å²) < 4.78 is 0. The molecule has 1 unspecified atom stereocenters. The van der Waals surface area contributed by atoms with Crippen LogP contribution in [0.2, 0.25) is 0 Å². The lowest BCUT2D eigenvalue weighted by Gasteiger charge is -2.13. The molecule has 0 nitrogen and oxygen atoms in total. The van der Waals surface area contributed by atoms with E-state index in [1.165, 1.54) is 57.8 Å². The molecule has 0 amide bonds. The lowest BCUT2D eigenvalue weighted by Crippen LogP contribution is -1.98. The minimum atomic E-state index is 0.967. The number of rotatable bonds is 11. The molecule has 0 aliphatic carbocycles. The first-order chi connectivity index (χ1) is 7.85. The number of unbranched alkanes of at least 4 members (excludes halogenated alkanes) is 4. The van der Waals surface area contributed by atoms with Crippen LogP contribution >= 0.6 is 0 Å². The molecule has 0 bridgehead atoms. The monoisotopic (exact) mass is 222 g/mol. The van der Waals surface area contributed by atoms with E-state index in [1.807, 2.05) is 6.08 Å². The Bertz CT molecular complexity index is 167. The summed E-state index contributed by atoms with van der Waals surface area (Å²) in [6.07, 6.45) is 18.6.